The Morgan fingerprint density at radius 1 is 1.12 bits per heavy atom. The first kappa shape index (κ1) is 17.9. The Bertz CT molecular complexity index is 870. The molecule has 0 saturated heterocycles. The third kappa shape index (κ3) is 4.60. The number of nitrogens with one attached hydrogen (secondary N) is 1. The van der Waals surface area contributed by atoms with Crippen LogP contribution in [-0.4, -0.2) is 10.9 Å². The van der Waals surface area contributed by atoms with Gasteiger partial charge in [-0.1, -0.05) is 59.1 Å². The van der Waals surface area contributed by atoms with E-state index >= 15 is 0 Å². The van der Waals surface area contributed by atoms with Crippen molar-refractivity contribution in [2.45, 2.75) is 19.9 Å². The molecule has 128 valence electrons. The summed E-state index contributed by atoms with van der Waals surface area (Å²) in [6.07, 6.45) is 0.227. The fraction of sp³-hybridized carbons (Fsp3) is 0.158. The number of aromatic nitrogens is 1. The van der Waals surface area contributed by atoms with Gasteiger partial charge in [0.15, 0.2) is 0 Å². The van der Waals surface area contributed by atoms with Gasteiger partial charge in [0.1, 0.15) is 5.01 Å². The molecule has 2 aromatic carbocycles. The fourth-order valence-corrected chi connectivity index (χ4v) is 3.92. The Morgan fingerprint density at radius 3 is 2.48 bits per heavy atom. The van der Waals surface area contributed by atoms with Crippen LogP contribution in [0, 0.1) is 6.92 Å². The molecule has 0 aliphatic carbocycles. The van der Waals surface area contributed by atoms with Crippen LogP contribution in [0.25, 0.3) is 10.6 Å². The summed E-state index contributed by atoms with van der Waals surface area (Å²) in [5.74, 6) is -0.0670. The van der Waals surface area contributed by atoms with Crippen molar-refractivity contribution in [1.82, 2.24) is 10.3 Å². The number of hydrogen-bond donors (Lipinski definition) is 1. The van der Waals surface area contributed by atoms with E-state index in [0.717, 1.165) is 10.6 Å². The van der Waals surface area contributed by atoms with Gasteiger partial charge in [0.25, 0.3) is 0 Å². The maximum Gasteiger partial charge on any atom is 0.226 e. The zero-order valence-electron chi connectivity index (χ0n) is 13.6. The molecule has 0 radical (unpaired) electrons. The van der Waals surface area contributed by atoms with Crippen LogP contribution in [0.5, 0.6) is 0 Å². The van der Waals surface area contributed by atoms with Gasteiger partial charge in [-0.3, -0.25) is 4.79 Å². The van der Waals surface area contributed by atoms with Crippen LogP contribution in [0.4, 0.5) is 0 Å². The largest absolute Gasteiger partial charge is 0.352 e. The van der Waals surface area contributed by atoms with Crippen molar-refractivity contribution in [3.8, 4) is 10.6 Å². The summed E-state index contributed by atoms with van der Waals surface area (Å²) < 4.78 is 0. The first-order valence-corrected chi connectivity index (χ1v) is 9.37. The predicted octanol–water partition coefficient (Wildman–Crippen LogP) is 5.28. The van der Waals surface area contributed by atoms with Crippen LogP contribution in [0.3, 0.4) is 0 Å². The van der Waals surface area contributed by atoms with E-state index in [-0.39, 0.29) is 12.3 Å². The predicted molar refractivity (Wildman–Crippen MR) is 104 cm³/mol. The minimum atomic E-state index is -0.0670. The van der Waals surface area contributed by atoms with Crippen LogP contribution < -0.4 is 5.32 Å². The summed E-state index contributed by atoms with van der Waals surface area (Å²) >= 11 is 13.9. The Hall–Kier alpha value is -1.88. The Labute approximate surface area is 160 Å². The number of carbonyl (C=O) groups is 1. The third-order valence-electron chi connectivity index (χ3n) is 3.68. The van der Waals surface area contributed by atoms with Gasteiger partial charge in [-0.15, -0.1) is 11.3 Å². The quantitative estimate of drug-likeness (QED) is 0.643. The molecule has 25 heavy (non-hydrogen) atoms. The molecule has 1 heterocycles. The molecule has 0 saturated carbocycles. The highest BCUT2D eigenvalue weighted by Gasteiger charge is 2.14. The number of amides is 1. The van der Waals surface area contributed by atoms with E-state index in [4.69, 9.17) is 23.2 Å². The summed E-state index contributed by atoms with van der Waals surface area (Å²) in [5, 5.41) is 6.60. The molecule has 6 heteroatoms. The van der Waals surface area contributed by atoms with Crippen molar-refractivity contribution in [1.29, 1.82) is 0 Å². The lowest BCUT2D eigenvalue weighted by molar-refractivity contribution is -0.120. The topological polar surface area (TPSA) is 42.0 Å². The van der Waals surface area contributed by atoms with E-state index in [1.165, 1.54) is 16.9 Å². The van der Waals surface area contributed by atoms with Gasteiger partial charge in [-0.25, -0.2) is 4.98 Å². The number of aryl methyl sites for hydroxylation is 1. The van der Waals surface area contributed by atoms with E-state index in [2.05, 4.69) is 10.3 Å². The third-order valence-corrected chi connectivity index (χ3v) is 5.22. The molecular weight excluding hydrogens is 375 g/mol. The minimum Gasteiger partial charge on any atom is -0.352 e. The molecule has 0 spiro atoms. The standard InChI is InChI=1S/C19H16Cl2N2OS/c1-12-5-7-13(8-6-12)10-22-17(24)9-14-11-25-19(23-14)18-15(20)3-2-4-16(18)21/h2-8,11H,9-10H2,1H3,(H,22,24). The lowest BCUT2D eigenvalue weighted by atomic mass is 10.1. The molecule has 0 aliphatic rings. The number of carbonyl (C=O) groups excluding carboxylic acids is 1. The van der Waals surface area contributed by atoms with Crippen molar-refractivity contribution in [3.63, 3.8) is 0 Å². The van der Waals surface area contributed by atoms with E-state index in [0.29, 0.717) is 27.8 Å². The summed E-state index contributed by atoms with van der Waals surface area (Å²) in [6, 6.07) is 13.4. The molecule has 1 aromatic heterocycles. The Morgan fingerprint density at radius 2 is 1.80 bits per heavy atom. The monoisotopic (exact) mass is 390 g/mol. The first-order valence-electron chi connectivity index (χ1n) is 7.74. The number of halogens is 2. The summed E-state index contributed by atoms with van der Waals surface area (Å²) in [6.45, 7) is 2.54. The average molecular weight is 391 g/mol. The van der Waals surface area contributed by atoms with E-state index < -0.39 is 0 Å². The fourth-order valence-electron chi connectivity index (χ4n) is 2.34. The van der Waals surface area contributed by atoms with Crippen LogP contribution in [0.15, 0.2) is 47.8 Å². The van der Waals surface area contributed by atoms with Crippen molar-refractivity contribution < 1.29 is 4.79 Å². The normalized spacial score (nSPS) is 10.7. The second-order valence-corrected chi connectivity index (χ2v) is 7.35. The molecule has 3 nitrogen and oxygen atoms in total. The van der Waals surface area contributed by atoms with Gasteiger partial charge < -0.3 is 5.32 Å². The van der Waals surface area contributed by atoms with Crippen molar-refractivity contribution in [2.24, 2.45) is 0 Å². The van der Waals surface area contributed by atoms with Crippen LogP contribution in [0.1, 0.15) is 16.8 Å². The Kier molecular flexibility index (Phi) is 5.74. The van der Waals surface area contributed by atoms with Crippen molar-refractivity contribution in [2.75, 3.05) is 0 Å². The van der Waals surface area contributed by atoms with Crippen molar-refractivity contribution >= 4 is 40.4 Å². The lowest BCUT2D eigenvalue weighted by Crippen LogP contribution is -2.24. The van der Waals surface area contributed by atoms with Crippen LogP contribution in [0.2, 0.25) is 10.0 Å². The highest BCUT2D eigenvalue weighted by atomic mass is 35.5. The number of benzene rings is 2. The van der Waals surface area contributed by atoms with Gasteiger partial charge in [0.05, 0.1) is 22.2 Å². The maximum atomic E-state index is 12.1. The molecule has 1 amide bonds. The van der Waals surface area contributed by atoms with Gasteiger partial charge in [-0.2, -0.15) is 0 Å². The summed E-state index contributed by atoms with van der Waals surface area (Å²) in [5.41, 5.74) is 3.68. The van der Waals surface area contributed by atoms with Gasteiger partial charge in [0.2, 0.25) is 5.91 Å². The van der Waals surface area contributed by atoms with Crippen LogP contribution >= 0.6 is 34.5 Å². The average Bonchev–Trinajstić information content (AvgIpc) is 3.02. The SMILES string of the molecule is Cc1ccc(CNC(=O)Cc2csc(-c3c(Cl)cccc3Cl)n2)cc1. The molecule has 1 N–H and O–H groups in total. The molecule has 3 rings (SSSR count). The second-order valence-electron chi connectivity index (χ2n) is 5.68. The molecule has 0 aliphatic heterocycles. The number of rotatable bonds is 5. The highest BCUT2D eigenvalue weighted by Crippen LogP contribution is 2.36. The van der Waals surface area contributed by atoms with E-state index in [9.17, 15) is 4.79 Å². The van der Waals surface area contributed by atoms with Gasteiger partial charge in [0, 0.05) is 17.5 Å². The smallest absolute Gasteiger partial charge is 0.226 e. The zero-order chi connectivity index (χ0) is 17.8. The van der Waals surface area contributed by atoms with E-state index in [1.54, 1.807) is 18.2 Å². The lowest BCUT2D eigenvalue weighted by Gasteiger charge is -2.05. The van der Waals surface area contributed by atoms with E-state index in [1.807, 2.05) is 36.6 Å². The molecule has 0 unspecified atom stereocenters. The molecule has 0 bridgehead atoms. The molecule has 3 aromatic rings. The molecule has 0 fully saturated rings. The summed E-state index contributed by atoms with van der Waals surface area (Å²) in [4.78, 5) is 16.6. The molecule has 0 atom stereocenters. The number of thiazole rings is 1. The van der Waals surface area contributed by atoms with Gasteiger partial charge in [-0.05, 0) is 24.6 Å². The number of nitrogens with zero attached hydrogens (tertiary/aromatic N) is 1. The maximum absolute atomic E-state index is 12.1. The molecular formula is C19H16Cl2N2OS. The minimum absolute atomic E-state index is 0.0670. The van der Waals surface area contributed by atoms with Crippen LogP contribution in [-0.2, 0) is 17.8 Å². The second kappa shape index (κ2) is 8.00. The summed E-state index contributed by atoms with van der Waals surface area (Å²) in [7, 11) is 0. The Balaban J connectivity index is 1.63. The van der Waals surface area contributed by atoms with Gasteiger partial charge >= 0.3 is 0 Å². The van der Waals surface area contributed by atoms with Crippen molar-refractivity contribution in [3.05, 3.63) is 74.7 Å². The first-order chi connectivity index (χ1) is 12.0. The number of hydrogen-bond acceptors (Lipinski definition) is 3. The zero-order valence-corrected chi connectivity index (χ0v) is 15.9. The highest BCUT2D eigenvalue weighted by molar-refractivity contribution is 7.13.